The summed E-state index contributed by atoms with van der Waals surface area (Å²) < 4.78 is 0. The third-order valence-electron chi connectivity index (χ3n) is 6.08. The Morgan fingerprint density at radius 3 is 2.14 bits per heavy atom. The molecule has 2 amide bonds. The molecule has 3 aromatic carbocycles. The maximum Gasteiger partial charge on any atom is 0.243 e. The fraction of sp³-hybridized carbons (Fsp3) is 0.355. The van der Waals surface area contributed by atoms with E-state index in [0.717, 1.165) is 22.4 Å². The second kappa shape index (κ2) is 13.3. The van der Waals surface area contributed by atoms with Gasteiger partial charge in [0.05, 0.1) is 5.75 Å². The zero-order chi connectivity index (χ0) is 26.1. The highest BCUT2D eigenvalue weighted by atomic mass is 32.2. The first-order chi connectivity index (χ1) is 17.2. The van der Waals surface area contributed by atoms with Gasteiger partial charge in [0.1, 0.15) is 6.04 Å². The van der Waals surface area contributed by atoms with Crippen molar-refractivity contribution in [3.8, 4) is 0 Å². The Kier molecular flexibility index (Phi) is 10.2. The van der Waals surface area contributed by atoms with Gasteiger partial charge in [0.25, 0.3) is 0 Å². The predicted molar refractivity (Wildman–Crippen MR) is 151 cm³/mol. The Hall–Kier alpha value is -3.05. The number of amides is 2. The fourth-order valence-electron chi connectivity index (χ4n) is 4.40. The predicted octanol–water partition coefficient (Wildman–Crippen LogP) is 6.01. The normalized spacial score (nSPS) is 11.8. The van der Waals surface area contributed by atoms with Crippen LogP contribution in [0.5, 0.6) is 0 Å². The Morgan fingerprint density at radius 2 is 1.50 bits per heavy atom. The maximum absolute atomic E-state index is 13.7. The summed E-state index contributed by atoms with van der Waals surface area (Å²) in [7, 11) is 0. The topological polar surface area (TPSA) is 49.4 Å². The molecule has 0 spiro atoms. The first kappa shape index (κ1) is 27.5. The molecule has 3 rings (SSSR count). The van der Waals surface area contributed by atoms with Gasteiger partial charge in [-0.2, -0.15) is 0 Å². The highest BCUT2D eigenvalue weighted by molar-refractivity contribution is 7.99. The van der Waals surface area contributed by atoms with E-state index in [4.69, 9.17) is 0 Å². The van der Waals surface area contributed by atoms with Crippen molar-refractivity contribution >= 4 is 23.6 Å². The molecule has 0 bridgehead atoms. The van der Waals surface area contributed by atoms with Crippen molar-refractivity contribution in [3.63, 3.8) is 0 Å². The standard InChI is InChI=1S/C31H38N2O2S/c1-22(2)32-31(35)29(18-26-12-7-6-8-13-26)33(19-28-14-10-9-11-25(28)5)30(34)21-36-20-27-16-23(3)15-24(4)17-27/h6-17,22,29H,18-21H2,1-5H3,(H,32,35)/t29-/m1/s1. The molecule has 1 N–H and O–H groups in total. The van der Waals surface area contributed by atoms with Crippen LogP contribution in [0.1, 0.15) is 47.2 Å². The summed E-state index contributed by atoms with van der Waals surface area (Å²) in [5.41, 5.74) is 6.88. The molecule has 0 fully saturated rings. The lowest BCUT2D eigenvalue weighted by molar-refractivity contribution is -0.139. The van der Waals surface area contributed by atoms with E-state index >= 15 is 0 Å². The fourth-order valence-corrected chi connectivity index (χ4v) is 5.24. The van der Waals surface area contributed by atoms with E-state index in [9.17, 15) is 9.59 Å². The lowest BCUT2D eigenvalue weighted by atomic mass is 10.0. The smallest absolute Gasteiger partial charge is 0.243 e. The largest absolute Gasteiger partial charge is 0.352 e. The van der Waals surface area contributed by atoms with E-state index in [1.807, 2.05) is 75.4 Å². The second-order valence-electron chi connectivity index (χ2n) is 9.81. The van der Waals surface area contributed by atoms with Crippen molar-refractivity contribution < 1.29 is 9.59 Å². The van der Waals surface area contributed by atoms with Crippen LogP contribution >= 0.6 is 11.8 Å². The van der Waals surface area contributed by atoms with Crippen LogP contribution in [0.25, 0.3) is 0 Å². The highest BCUT2D eigenvalue weighted by Gasteiger charge is 2.30. The van der Waals surface area contributed by atoms with Gasteiger partial charge in [0.15, 0.2) is 0 Å². The van der Waals surface area contributed by atoms with Gasteiger partial charge in [-0.15, -0.1) is 11.8 Å². The number of carbonyl (C=O) groups excluding carboxylic acids is 2. The third-order valence-corrected chi connectivity index (χ3v) is 7.07. The molecule has 0 aromatic heterocycles. The first-order valence-electron chi connectivity index (χ1n) is 12.6. The van der Waals surface area contributed by atoms with Gasteiger partial charge in [-0.3, -0.25) is 9.59 Å². The average Bonchev–Trinajstić information content (AvgIpc) is 2.82. The van der Waals surface area contributed by atoms with Crippen molar-refractivity contribution in [2.75, 3.05) is 5.75 Å². The van der Waals surface area contributed by atoms with Gasteiger partial charge in [-0.05, 0) is 56.9 Å². The van der Waals surface area contributed by atoms with Crippen LogP contribution in [0.15, 0.2) is 72.8 Å². The number of nitrogens with zero attached hydrogens (tertiary/aromatic N) is 1. The van der Waals surface area contributed by atoms with Gasteiger partial charge in [0, 0.05) is 24.8 Å². The highest BCUT2D eigenvalue weighted by Crippen LogP contribution is 2.21. The molecule has 0 aliphatic heterocycles. The zero-order valence-electron chi connectivity index (χ0n) is 22.1. The monoisotopic (exact) mass is 502 g/mol. The number of rotatable bonds is 11. The summed E-state index contributed by atoms with van der Waals surface area (Å²) >= 11 is 1.60. The summed E-state index contributed by atoms with van der Waals surface area (Å²) in [5, 5.41) is 3.05. The first-order valence-corrected chi connectivity index (χ1v) is 13.7. The second-order valence-corrected chi connectivity index (χ2v) is 10.8. The molecule has 5 heteroatoms. The molecule has 0 aliphatic rings. The molecule has 0 saturated carbocycles. The Bertz CT molecular complexity index is 1140. The van der Waals surface area contributed by atoms with Crippen molar-refractivity contribution in [1.82, 2.24) is 10.2 Å². The quantitative estimate of drug-likeness (QED) is 0.349. The average molecular weight is 503 g/mol. The van der Waals surface area contributed by atoms with E-state index < -0.39 is 6.04 Å². The molecule has 4 nitrogen and oxygen atoms in total. The number of hydrogen-bond donors (Lipinski definition) is 1. The minimum atomic E-state index is -0.594. The van der Waals surface area contributed by atoms with E-state index in [2.05, 4.69) is 37.4 Å². The van der Waals surface area contributed by atoms with Crippen LogP contribution in [0.2, 0.25) is 0 Å². The molecule has 0 radical (unpaired) electrons. The molecule has 0 saturated heterocycles. The van der Waals surface area contributed by atoms with Crippen LogP contribution in [-0.2, 0) is 28.3 Å². The molecule has 190 valence electrons. The van der Waals surface area contributed by atoms with E-state index in [1.54, 1.807) is 16.7 Å². The summed E-state index contributed by atoms with van der Waals surface area (Å²) in [5.74, 6) is 0.940. The van der Waals surface area contributed by atoms with E-state index in [-0.39, 0.29) is 17.9 Å². The molecule has 1 atom stereocenters. The van der Waals surface area contributed by atoms with Crippen LogP contribution < -0.4 is 5.32 Å². The van der Waals surface area contributed by atoms with Crippen molar-refractivity contribution in [1.29, 1.82) is 0 Å². The van der Waals surface area contributed by atoms with Gasteiger partial charge in [0.2, 0.25) is 11.8 Å². The summed E-state index contributed by atoms with van der Waals surface area (Å²) in [4.78, 5) is 28.9. The lowest BCUT2D eigenvalue weighted by Gasteiger charge is -2.32. The molecular formula is C31H38N2O2S. The summed E-state index contributed by atoms with van der Waals surface area (Å²) in [6.07, 6.45) is 0.471. The number of thioether (sulfide) groups is 1. The molecule has 36 heavy (non-hydrogen) atoms. The van der Waals surface area contributed by atoms with E-state index in [1.165, 1.54) is 16.7 Å². The van der Waals surface area contributed by atoms with Crippen LogP contribution in [0, 0.1) is 20.8 Å². The number of benzene rings is 3. The molecule has 3 aromatic rings. The Balaban J connectivity index is 1.86. The van der Waals surface area contributed by atoms with Gasteiger partial charge >= 0.3 is 0 Å². The zero-order valence-corrected chi connectivity index (χ0v) is 22.9. The van der Waals surface area contributed by atoms with Crippen molar-refractivity contribution in [2.24, 2.45) is 0 Å². The Labute approximate surface area is 220 Å². The van der Waals surface area contributed by atoms with E-state index in [0.29, 0.717) is 18.7 Å². The third kappa shape index (κ3) is 8.27. The SMILES string of the molecule is Cc1cc(C)cc(CSCC(=O)N(Cc2ccccc2C)[C@H](Cc2ccccc2)C(=O)NC(C)C)c1. The number of carbonyl (C=O) groups is 2. The van der Waals surface area contributed by atoms with Gasteiger partial charge in [-0.25, -0.2) is 0 Å². The minimum Gasteiger partial charge on any atom is -0.352 e. The van der Waals surface area contributed by atoms with Crippen molar-refractivity contribution in [2.45, 2.75) is 65.4 Å². The molecule has 0 aliphatic carbocycles. The molecule has 0 heterocycles. The number of hydrogen-bond acceptors (Lipinski definition) is 3. The van der Waals surface area contributed by atoms with Crippen LogP contribution in [0.4, 0.5) is 0 Å². The van der Waals surface area contributed by atoms with Crippen LogP contribution in [0.3, 0.4) is 0 Å². The summed E-state index contributed by atoms with van der Waals surface area (Å²) in [6.45, 7) is 10.5. The number of nitrogens with one attached hydrogen (secondary N) is 1. The maximum atomic E-state index is 13.7. The lowest BCUT2D eigenvalue weighted by Crippen LogP contribution is -2.52. The molecular weight excluding hydrogens is 464 g/mol. The summed E-state index contributed by atoms with van der Waals surface area (Å²) in [6, 6.07) is 23.9. The van der Waals surface area contributed by atoms with Crippen molar-refractivity contribution in [3.05, 3.63) is 106 Å². The van der Waals surface area contributed by atoms with Crippen LogP contribution in [-0.4, -0.2) is 34.6 Å². The minimum absolute atomic E-state index is 0.00915. The van der Waals surface area contributed by atoms with Gasteiger partial charge in [-0.1, -0.05) is 83.9 Å². The van der Waals surface area contributed by atoms with Gasteiger partial charge < -0.3 is 10.2 Å². The molecule has 0 unspecified atom stereocenters. The Morgan fingerprint density at radius 1 is 0.861 bits per heavy atom. The number of aryl methyl sites for hydroxylation is 3.